The summed E-state index contributed by atoms with van der Waals surface area (Å²) in [5.74, 6) is -0.570. The van der Waals surface area contributed by atoms with Crippen LogP contribution < -0.4 is 10.7 Å². The van der Waals surface area contributed by atoms with Crippen molar-refractivity contribution in [1.82, 2.24) is 14.9 Å². The Kier molecular flexibility index (Phi) is 5.38. The first-order valence-electron chi connectivity index (χ1n) is 9.46. The summed E-state index contributed by atoms with van der Waals surface area (Å²) >= 11 is 1.39. The van der Waals surface area contributed by atoms with Crippen molar-refractivity contribution in [3.8, 4) is 5.69 Å². The van der Waals surface area contributed by atoms with Crippen molar-refractivity contribution in [2.24, 2.45) is 0 Å². The van der Waals surface area contributed by atoms with Crippen molar-refractivity contribution in [3.05, 3.63) is 87.1 Å². The van der Waals surface area contributed by atoms with Crippen LogP contribution in [0.3, 0.4) is 0 Å². The van der Waals surface area contributed by atoms with Crippen LogP contribution >= 0.6 is 11.8 Å². The number of aromatic nitrogens is 2. The molecule has 0 spiro atoms. The molecule has 2 aromatic heterocycles. The fourth-order valence-corrected chi connectivity index (χ4v) is 5.02. The number of aryl methyl sites for hydroxylation is 1. The number of thioether (sulfide) groups is 1. The molecule has 4 rings (SSSR count). The highest BCUT2D eigenvalue weighted by Crippen LogP contribution is 2.45. The second-order valence-electron chi connectivity index (χ2n) is 7.16. The molecule has 0 fully saturated rings. The van der Waals surface area contributed by atoms with Crippen molar-refractivity contribution >= 4 is 17.7 Å². The van der Waals surface area contributed by atoms with Crippen LogP contribution in [0.15, 0.2) is 58.5 Å². The van der Waals surface area contributed by atoms with E-state index in [1.54, 1.807) is 30.0 Å². The molecule has 0 bridgehead atoms. The fourth-order valence-electron chi connectivity index (χ4n) is 3.78. The van der Waals surface area contributed by atoms with Crippen LogP contribution in [0.5, 0.6) is 0 Å². The average Bonchev–Trinajstić information content (AvgIpc) is 2.90. The third-order valence-electron chi connectivity index (χ3n) is 5.18. The molecule has 9 heteroatoms. The molecule has 0 radical (unpaired) electrons. The summed E-state index contributed by atoms with van der Waals surface area (Å²) in [5.41, 5.74) is 0.662. The van der Waals surface area contributed by atoms with E-state index < -0.39 is 23.1 Å². The van der Waals surface area contributed by atoms with Crippen molar-refractivity contribution in [2.45, 2.75) is 29.7 Å². The quantitative estimate of drug-likeness (QED) is 0.639. The van der Waals surface area contributed by atoms with Crippen molar-refractivity contribution < 1.29 is 18.0 Å². The molecule has 0 aliphatic carbocycles. The van der Waals surface area contributed by atoms with Crippen molar-refractivity contribution in [1.29, 1.82) is 0 Å². The number of pyridine rings is 2. The first-order chi connectivity index (χ1) is 14.7. The number of amides is 1. The van der Waals surface area contributed by atoms with Gasteiger partial charge in [0.2, 0.25) is 0 Å². The molecule has 1 N–H and O–H groups in total. The summed E-state index contributed by atoms with van der Waals surface area (Å²) in [7, 11) is 1.42. The number of nitrogens with zero attached hydrogens (tertiary/aromatic N) is 2. The standard InChI is InChI=1S/C22H18F3N3O2S/c1-12-8-17(29)20(21(30)26-2)16-10-19(13-4-3-7-27-11-13)31-18-6-5-14(22(23,24)25)9-15(18)28(12)16/h3-9,11,19H,10H2,1-2H3,(H,26,30). The molecule has 1 amide bonds. The lowest BCUT2D eigenvalue weighted by Gasteiger charge is -2.20. The number of rotatable bonds is 2. The molecule has 3 heterocycles. The number of alkyl halides is 3. The highest BCUT2D eigenvalue weighted by Gasteiger charge is 2.34. The first-order valence-corrected chi connectivity index (χ1v) is 10.3. The predicted molar refractivity (Wildman–Crippen MR) is 112 cm³/mol. The number of carbonyl (C=O) groups is 1. The maximum absolute atomic E-state index is 13.5. The minimum atomic E-state index is -4.52. The highest BCUT2D eigenvalue weighted by molar-refractivity contribution is 7.99. The largest absolute Gasteiger partial charge is 0.416 e. The van der Waals surface area contributed by atoms with Gasteiger partial charge in [0.15, 0.2) is 5.43 Å². The molecular formula is C22H18F3N3O2S. The number of fused-ring (bicyclic) bond motifs is 3. The van der Waals surface area contributed by atoms with E-state index in [0.717, 1.165) is 17.7 Å². The molecule has 5 nitrogen and oxygen atoms in total. The van der Waals surface area contributed by atoms with Gasteiger partial charge in [-0.15, -0.1) is 11.8 Å². The summed E-state index contributed by atoms with van der Waals surface area (Å²) in [5, 5.41) is 2.23. The topological polar surface area (TPSA) is 64.0 Å². The predicted octanol–water partition coefficient (Wildman–Crippen LogP) is 4.31. The maximum Gasteiger partial charge on any atom is 0.416 e. The number of benzene rings is 1. The van der Waals surface area contributed by atoms with Gasteiger partial charge in [0.25, 0.3) is 5.91 Å². The molecule has 160 valence electrons. The van der Waals surface area contributed by atoms with Crippen molar-refractivity contribution in [3.63, 3.8) is 0 Å². The molecular weight excluding hydrogens is 427 g/mol. The van der Waals surface area contributed by atoms with Crippen LogP contribution in [0.4, 0.5) is 13.2 Å². The average molecular weight is 445 g/mol. The summed E-state index contributed by atoms with van der Waals surface area (Å²) in [4.78, 5) is 30.1. The molecule has 1 unspecified atom stereocenters. The van der Waals surface area contributed by atoms with Gasteiger partial charge in [-0.25, -0.2) is 0 Å². The summed E-state index contributed by atoms with van der Waals surface area (Å²) in [6, 6.07) is 8.50. The summed E-state index contributed by atoms with van der Waals surface area (Å²) in [6.45, 7) is 1.65. The van der Waals surface area contributed by atoms with Gasteiger partial charge in [-0.1, -0.05) is 6.07 Å². The second kappa shape index (κ2) is 7.88. The highest BCUT2D eigenvalue weighted by atomic mass is 32.2. The van der Waals surface area contributed by atoms with E-state index in [1.165, 1.54) is 30.9 Å². The molecule has 1 aliphatic heterocycles. The summed E-state index contributed by atoms with van der Waals surface area (Å²) in [6.07, 6.45) is -0.935. The SMILES string of the molecule is CNC(=O)c1c2n(c(C)cc1=O)-c1cc(C(F)(F)F)ccc1SC(c1cccnc1)C2. The van der Waals surface area contributed by atoms with Gasteiger partial charge < -0.3 is 9.88 Å². The van der Waals surface area contributed by atoms with Crippen LogP contribution in [0.1, 0.15) is 38.1 Å². The van der Waals surface area contributed by atoms with E-state index in [4.69, 9.17) is 0 Å². The van der Waals surface area contributed by atoms with Gasteiger partial charge in [0, 0.05) is 53.5 Å². The van der Waals surface area contributed by atoms with Crippen LogP contribution in [-0.2, 0) is 12.6 Å². The molecule has 31 heavy (non-hydrogen) atoms. The molecule has 3 aromatic rings. The van der Waals surface area contributed by atoms with Crippen LogP contribution in [0.2, 0.25) is 0 Å². The Morgan fingerprint density at radius 3 is 2.68 bits per heavy atom. The molecule has 0 saturated carbocycles. The number of nitrogens with one attached hydrogen (secondary N) is 1. The lowest BCUT2D eigenvalue weighted by molar-refractivity contribution is -0.137. The van der Waals surface area contributed by atoms with E-state index in [2.05, 4.69) is 10.3 Å². The smallest absolute Gasteiger partial charge is 0.355 e. The fraction of sp³-hybridized carbons (Fsp3) is 0.227. The lowest BCUT2D eigenvalue weighted by Crippen LogP contribution is -2.30. The number of halogens is 3. The first kappa shape index (κ1) is 21.2. The van der Waals surface area contributed by atoms with E-state index in [1.807, 2.05) is 6.07 Å². The Morgan fingerprint density at radius 2 is 2.03 bits per heavy atom. The molecule has 0 saturated heterocycles. The van der Waals surface area contributed by atoms with Gasteiger partial charge in [-0.2, -0.15) is 13.2 Å². The third-order valence-corrected chi connectivity index (χ3v) is 6.51. The Hall–Kier alpha value is -3.07. The van der Waals surface area contributed by atoms with Crippen molar-refractivity contribution in [2.75, 3.05) is 7.05 Å². The Labute approximate surface area is 180 Å². The zero-order valence-corrected chi connectivity index (χ0v) is 17.5. The lowest BCUT2D eigenvalue weighted by atomic mass is 10.0. The minimum absolute atomic E-state index is 0.0622. The number of carbonyl (C=O) groups excluding carboxylic acids is 1. The van der Waals surface area contributed by atoms with Gasteiger partial charge in [0.05, 0.1) is 11.3 Å². The van der Waals surface area contributed by atoms with Gasteiger partial charge in [-0.05, 0) is 36.8 Å². The Bertz CT molecular complexity index is 1220. The van der Waals surface area contributed by atoms with E-state index in [-0.39, 0.29) is 17.2 Å². The van der Waals surface area contributed by atoms with Gasteiger partial charge in [0.1, 0.15) is 5.56 Å². The zero-order valence-electron chi connectivity index (χ0n) is 16.7. The third kappa shape index (κ3) is 3.85. The van der Waals surface area contributed by atoms with Crippen LogP contribution in [0.25, 0.3) is 5.69 Å². The Balaban J connectivity index is 2.05. The normalized spacial score (nSPS) is 15.6. The number of hydrogen-bond acceptors (Lipinski definition) is 4. The van der Waals surface area contributed by atoms with E-state index in [0.29, 0.717) is 22.0 Å². The van der Waals surface area contributed by atoms with E-state index >= 15 is 0 Å². The van der Waals surface area contributed by atoms with E-state index in [9.17, 15) is 22.8 Å². The zero-order chi connectivity index (χ0) is 22.3. The molecule has 1 atom stereocenters. The maximum atomic E-state index is 13.5. The summed E-state index contributed by atoms with van der Waals surface area (Å²) < 4.78 is 42.0. The molecule has 1 aromatic carbocycles. The Morgan fingerprint density at radius 1 is 1.26 bits per heavy atom. The molecule has 1 aliphatic rings. The number of hydrogen-bond donors (Lipinski definition) is 1. The second-order valence-corrected chi connectivity index (χ2v) is 8.41. The van der Waals surface area contributed by atoms with Gasteiger partial charge >= 0.3 is 6.18 Å². The monoisotopic (exact) mass is 445 g/mol. The van der Waals surface area contributed by atoms with Crippen LogP contribution in [-0.4, -0.2) is 22.5 Å². The van der Waals surface area contributed by atoms with Crippen LogP contribution in [0, 0.1) is 6.92 Å². The minimum Gasteiger partial charge on any atom is -0.355 e. The van der Waals surface area contributed by atoms with Gasteiger partial charge in [-0.3, -0.25) is 14.6 Å².